The van der Waals surface area contributed by atoms with Gasteiger partial charge < -0.3 is 19.5 Å². The minimum Gasteiger partial charge on any atom is -0.493 e. The van der Waals surface area contributed by atoms with Crippen LogP contribution in [-0.4, -0.2) is 48.9 Å². The predicted molar refractivity (Wildman–Crippen MR) is 95.8 cm³/mol. The highest BCUT2D eigenvalue weighted by atomic mass is 16.5. The molecule has 2 heterocycles. The second-order valence-corrected chi connectivity index (χ2v) is 6.13. The van der Waals surface area contributed by atoms with Gasteiger partial charge in [0, 0.05) is 25.8 Å². The van der Waals surface area contributed by atoms with E-state index in [1.807, 2.05) is 0 Å². The molecular weight excluding hydrogens is 338 g/mol. The van der Waals surface area contributed by atoms with Crippen molar-refractivity contribution in [1.82, 2.24) is 14.9 Å². The van der Waals surface area contributed by atoms with Crippen LogP contribution in [0.5, 0.6) is 11.5 Å². The molecule has 1 atom stereocenters. The van der Waals surface area contributed by atoms with Crippen molar-refractivity contribution in [1.29, 1.82) is 0 Å². The van der Waals surface area contributed by atoms with Gasteiger partial charge >= 0.3 is 0 Å². The number of hydrogen-bond donors (Lipinski definition) is 1. The largest absolute Gasteiger partial charge is 0.493 e. The van der Waals surface area contributed by atoms with Crippen molar-refractivity contribution in [2.45, 2.75) is 32.4 Å². The summed E-state index contributed by atoms with van der Waals surface area (Å²) in [6.45, 7) is 3.05. The van der Waals surface area contributed by atoms with E-state index < -0.39 is 0 Å². The lowest BCUT2D eigenvalue weighted by atomic mass is 10.2. The van der Waals surface area contributed by atoms with Gasteiger partial charge in [-0.05, 0) is 25.8 Å². The van der Waals surface area contributed by atoms with Crippen LogP contribution in [0.1, 0.15) is 18.7 Å². The van der Waals surface area contributed by atoms with Gasteiger partial charge in [-0.2, -0.15) is 0 Å². The molecule has 1 aromatic heterocycles. The fourth-order valence-corrected chi connectivity index (χ4v) is 3.11. The maximum absolute atomic E-state index is 12.8. The quantitative estimate of drug-likeness (QED) is 0.826. The van der Waals surface area contributed by atoms with Crippen molar-refractivity contribution in [2.24, 2.45) is 0 Å². The van der Waals surface area contributed by atoms with Gasteiger partial charge in [0.05, 0.1) is 25.1 Å². The molecule has 8 heteroatoms. The Kier molecular flexibility index (Phi) is 5.41. The molecule has 0 saturated carbocycles. The normalized spacial score (nSPS) is 16.7. The molecule has 0 radical (unpaired) electrons. The van der Waals surface area contributed by atoms with Crippen molar-refractivity contribution in [3.63, 3.8) is 0 Å². The lowest BCUT2D eigenvalue weighted by Crippen LogP contribution is -2.37. The third-order valence-corrected chi connectivity index (χ3v) is 4.51. The standard InChI is InChI=1S/C18H23N3O5/c1-11-20-13-10-16(25-3)15(24-2)9-12(13)18(23)21(11)7-6-19-17(22)14-5-4-8-26-14/h9-10,14H,4-8H2,1-3H3,(H,19,22)/t14-/m1/s1. The minimum atomic E-state index is -0.376. The van der Waals surface area contributed by atoms with E-state index in [1.54, 1.807) is 23.6 Å². The van der Waals surface area contributed by atoms with E-state index in [9.17, 15) is 9.59 Å². The van der Waals surface area contributed by atoms with E-state index in [1.165, 1.54) is 14.2 Å². The number of amides is 1. The average Bonchev–Trinajstić information content (AvgIpc) is 3.18. The van der Waals surface area contributed by atoms with Gasteiger partial charge in [0.2, 0.25) is 5.91 Å². The van der Waals surface area contributed by atoms with Crippen molar-refractivity contribution >= 4 is 16.8 Å². The van der Waals surface area contributed by atoms with Crippen LogP contribution in [0.2, 0.25) is 0 Å². The topological polar surface area (TPSA) is 91.7 Å². The van der Waals surface area contributed by atoms with Gasteiger partial charge in [-0.25, -0.2) is 4.98 Å². The number of rotatable bonds is 6. The molecule has 1 saturated heterocycles. The first-order chi connectivity index (χ1) is 12.5. The summed E-state index contributed by atoms with van der Waals surface area (Å²) in [4.78, 5) is 29.3. The van der Waals surface area contributed by atoms with Crippen LogP contribution in [-0.2, 0) is 16.1 Å². The molecule has 8 nitrogen and oxygen atoms in total. The summed E-state index contributed by atoms with van der Waals surface area (Å²) in [5, 5.41) is 3.26. The van der Waals surface area contributed by atoms with E-state index in [0.717, 1.165) is 12.8 Å². The minimum absolute atomic E-state index is 0.131. The van der Waals surface area contributed by atoms with Crippen LogP contribution >= 0.6 is 0 Å². The smallest absolute Gasteiger partial charge is 0.261 e. The number of methoxy groups -OCH3 is 2. The van der Waals surface area contributed by atoms with Crippen LogP contribution in [0, 0.1) is 6.92 Å². The summed E-state index contributed by atoms with van der Waals surface area (Å²) < 4.78 is 17.4. The van der Waals surface area contributed by atoms with Crippen molar-refractivity contribution in [3.8, 4) is 11.5 Å². The molecule has 140 valence electrons. The fourth-order valence-electron chi connectivity index (χ4n) is 3.11. The molecule has 0 aliphatic carbocycles. The first kappa shape index (κ1) is 18.2. The summed E-state index contributed by atoms with van der Waals surface area (Å²) >= 11 is 0. The number of ether oxygens (including phenoxy) is 3. The van der Waals surface area contributed by atoms with Gasteiger partial charge in [-0.15, -0.1) is 0 Å². The number of hydrogen-bond acceptors (Lipinski definition) is 6. The Morgan fingerprint density at radius 3 is 2.73 bits per heavy atom. The number of carbonyl (C=O) groups is 1. The van der Waals surface area contributed by atoms with Gasteiger partial charge in [0.15, 0.2) is 11.5 Å². The molecule has 0 spiro atoms. The SMILES string of the molecule is COc1cc2nc(C)n(CCNC(=O)[C@H]3CCCO3)c(=O)c2cc1OC. The maximum atomic E-state index is 12.8. The van der Waals surface area contributed by atoms with E-state index >= 15 is 0 Å². The van der Waals surface area contributed by atoms with Gasteiger partial charge in [-0.1, -0.05) is 0 Å². The van der Waals surface area contributed by atoms with Crippen LogP contribution in [0.25, 0.3) is 10.9 Å². The number of benzene rings is 1. The number of aromatic nitrogens is 2. The number of fused-ring (bicyclic) bond motifs is 1. The van der Waals surface area contributed by atoms with Gasteiger partial charge in [-0.3, -0.25) is 14.2 Å². The molecule has 1 fully saturated rings. The Balaban J connectivity index is 1.81. The molecular formula is C18H23N3O5. The van der Waals surface area contributed by atoms with Crippen LogP contribution < -0.4 is 20.3 Å². The summed E-state index contributed by atoms with van der Waals surface area (Å²) in [6, 6.07) is 3.32. The Hall–Kier alpha value is -2.61. The Morgan fingerprint density at radius 1 is 1.35 bits per heavy atom. The van der Waals surface area contributed by atoms with E-state index in [2.05, 4.69) is 10.3 Å². The Bertz CT molecular complexity index is 871. The predicted octanol–water partition coefficient (Wildman–Crippen LogP) is 1.02. The Labute approximate surface area is 151 Å². The molecule has 1 N–H and O–H groups in total. The molecule has 1 aliphatic rings. The van der Waals surface area contributed by atoms with E-state index in [0.29, 0.717) is 47.9 Å². The highest BCUT2D eigenvalue weighted by Gasteiger charge is 2.23. The first-order valence-electron chi connectivity index (χ1n) is 8.57. The molecule has 3 rings (SSSR count). The zero-order valence-electron chi connectivity index (χ0n) is 15.2. The molecule has 1 aliphatic heterocycles. The van der Waals surface area contributed by atoms with Crippen LogP contribution in [0.15, 0.2) is 16.9 Å². The third kappa shape index (κ3) is 3.50. The Morgan fingerprint density at radius 2 is 2.08 bits per heavy atom. The molecule has 2 aromatic rings. The molecule has 0 unspecified atom stereocenters. The second-order valence-electron chi connectivity index (χ2n) is 6.13. The summed E-state index contributed by atoms with van der Waals surface area (Å²) in [5.41, 5.74) is 0.365. The molecule has 1 aromatic carbocycles. The van der Waals surface area contributed by atoms with Crippen LogP contribution in [0.3, 0.4) is 0 Å². The van der Waals surface area contributed by atoms with Crippen molar-refractivity contribution in [2.75, 3.05) is 27.4 Å². The van der Waals surface area contributed by atoms with Crippen molar-refractivity contribution < 1.29 is 19.0 Å². The van der Waals surface area contributed by atoms with E-state index in [-0.39, 0.29) is 17.6 Å². The molecule has 26 heavy (non-hydrogen) atoms. The van der Waals surface area contributed by atoms with Crippen molar-refractivity contribution in [3.05, 3.63) is 28.3 Å². The monoisotopic (exact) mass is 361 g/mol. The molecule has 1 amide bonds. The van der Waals surface area contributed by atoms with Gasteiger partial charge in [0.1, 0.15) is 11.9 Å². The summed E-state index contributed by atoms with van der Waals surface area (Å²) in [5.74, 6) is 1.43. The summed E-state index contributed by atoms with van der Waals surface area (Å²) in [6.07, 6.45) is 1.26. The zero-order valence-corrected chi connectivity index (χ0v) is 15.2. The highest BCUT2D eigenvalue weighted by Crippen LogP contribution is 2.30. The number of nitrogens with zero attached hydrogens (tertiary/aromatic N) is 2. The molecule has 0 bridgehead atoms. The summed E-state index contributed by atoms with van der Waals surface area (Å²) in [7, 11) is 3.05. The fraction of sp³-hybridized carbons (Fsp3) is 0.500. The zero-order chi connectivity index (χ0) is 18.7. The number of aryl methyl sites for hydroxylation is 1. The highest BCUT2D eigenvalue weighted by molar-refractivity contribution is 5.82. The van der Waals surface area contributed by atoms with E-state index in [4.69, 9.17) is 14.2 Å². The van der Waals surface area contributed by atoms with Crippen LogP contribution in [0.4, 0.5) is 0 Å². The van der Waals surface area contributed by atoms with Gasteiger partial charge in [0.25, 0.3) is 5.56 Å². The first-order valence-corrected chi connectivity index (χ1v) is 8.57. The average molecular weight is 361 g/mol. The second kappa shape index (κ2) is 7.74. The third-order valence-electron chi connectivity index (χ3n) is 4.51. The number of carbonyl (C=O) groups excluding carboxylic acids is 1. The number of nitrogens with one attached hydrogen (secondary N) is 1. The lowest BCUT2D eigenvalue weighted by Gasteiger charge is -2.14. The maximum Gasteiger partial charge on any atom is 0.261 e. The lowest BCUT2D eigenvalue weighted by molar-refractivity contribution is -0.130.